The van der Waals surface area contributed by atoms with E-state index in [0.29, 0.717) is 0 Å². The van der Waals surface area contributed by atoms with Gasteiger partial charge in [-0.2, -0.15) is 0 Å². The molecule has 1 rings (SSSR count). The molecule has 0 atom stereocenters. The standard InChI is InChI=1S/C27H52N.ClH/c1-5-6-7-8-9-10-11-12-13-15-22-28(23-16-14-17-24-28)25-21-27(4)20-18-19-26(2)3;/h19,21H,5-18,20,22-25H2,1-4H3;1H/q+1;/p-1. The zero-order valence-electron chi connectivity index (χ0n) is 20.4. The Morgan fingerprint density at radius 2 is 1.28 bits per heavy atom. The number of allylic oxidation sites excluding steroid dienone is 3. The van der Waals surface area contributed by atoms with E-state index in [1.807, 2.05) is 0 Å². The minimum atomic E-state index is 0. The maximum Gasteiger partial charge on any atom is 0.0976 e. The Morgan fingerprint density at radius 3 is 1.83 bits per heavy atom. The van der Waals surface area contributed by atoms with Crippen molar-refractivity contribution < 1.29 is 16.9 Å². The highest BCUT2D eigenvalue weighted by molar-refractivity contribution is 5.02. The molecule has 2 heteroatoms. The molecule has 1 heterocycles. The number of halogens is 1. The summed E-state index contributed by atoms with van der Waals surface area (Å²) in [5.74, 6) is 0. The van der Waals surface area contributed by atoms with Crippen molar-refractivity contribution in [2.75, 3.05) is 26.2 Å². The highest BCUT2D eigenvalue weighted by atomic mass is 35.5. The average Bonchev–Trinajstić information content (AvgIpc) is 2.68. The second-order valence-corrected chi connectivity index (χ2v) is 9.81. The topological polar surface area (TPSA) is 0 Å². The Kier molecular flexibility index (Phi) is 18.3. The summed E-state index contributed by atoms with van der Waals surface area (Å²) in [6.45, 7) is 14.6. The molecule has 0 spiro atoms. The first-order chi connectivity index (χ1) is 13.6. The van der Waals surface area contributed by atoms with Gasteiger partial charge in [0.1, 0.15) is 0 Å². The maximum absolute atomic E-state index is 2.58. The van der Waals surface area contributed by atoms with E-state index in [9.17, 15) is 0 Å². The Bertz CT molecular complexity index is 428. The van der Waals surface area contributed by atoms with Crippen LogP contribution in [0.15, 0.2) is 23.3 Å². The van der Waals surface area contributed by atoms with Gasteiger partial charge in [0, 0.05) is 0 Å². The molecule has 0 amide bonds. The van der Waals surface area contributed by atoms with Gasteiger partial charge in [-0.3, -0.25) is 0 Å². The second kappa shape index (κ2) is 18.5. The summed E-state index contributed by atoms with van der Waals surface area (Å²) in [5.41, 5.74) is 3.05. The van der Waals surface area contributed by atoms with E-state index in [1.165, 1.54) is 133 Å². The van der Waals surface area contributed by atoms with E-state index in [1.54, 1.807) is 5.57 Å². The molecule has 0 aliphatic carbocycles. The lowest BCUT2D eigenvalue weighted by Gasteiger charge is -2.41. The SMILES string of the molecule is CCCCCCCCCCCC[N+]1(CC=C(C)CCC=C(C)C)CCCCC1.[Cl-]. The fourth-order valence-corrected chi connectivity index (χ4v) is 4.66. The average molecular weight is 426 g/mol. The number of hydrogen-bond donors (Lipinski definition) is 0. The number of likely N-dealkylation sites (tertiary alicyclic amines) is 1. The van der Waals surface area contributed by atoms with Crippen LogP contribution in [0.3, 0.4) is 0 Å². The van der Waals surface area contributed by atoms with Crippen molar-refractivity contribution in [2.45, 2.75) is 124 Å². The molecule has 0 N–H and O–H groups in total. The summed E-state index contributed by atoms with van der Waals surface area (Å²) in [7, 11) is 0. The third kappa shape index (κ3) is 15.2. The number of hydrogen-bond acceptors (Lipinski definition) is 0. The molecule has 1 aliphatic rings. The lowest BCUT2D eigenvalue weighted by atomic mass is 10.0. The lowest BCUT2D eigenvalue weighted by molar-refractivity contribution is -0.927. The molecule has 0 aromatic rings. The predicted octanol–water partition coefficient (Wildman–Crippen LogP) is 5.60. The molecule has 0 saturated carbocycles. The number of unbranched alkanes of at least 4 members (excludes halogenated alkanes) is 9. The summed E-state index contributed by atoms with van der Waals surface area (Å²) < 4.78 is 1.39. The summed E-state index contributed by atoms with van der Waals surface area (Å²) in [5, 5.41) is 0. The van der Waals surface area contributed by atoms with Gasteiger partial charge in [0.2, 0.25) is 0 Å². The van der Waals surface area contributed by atoms with Gasteiger partial charge >= 0.3 is 0 Å². The van der Waals surface area contributed by atoms with Crippen LogP contribution in [0.2, 0.25) is 0 Å². The van der Waals surface area contributed by atoms with Crippen LogP contribution in [0.25, 0.3) is 0 Å². The number of nitrogens with zero attached hydrogens (tertiary/aromatic N) is 1. The van der Waals surface area contributed by atoms with Crippen molar-refractivity contribution in [3.8, 4) is 0 Å². The molecule has 0 unspecified atom stereocenters. The third-order valence-electron chi connectivity index (χ3n) is 6.67. The second-order valence-electron chi connectivity index (χ2n) is 9.81. The van der Waals surface area contributed by atoms with Crippen LogP contribution in [0.1, 0.15) is 124 Å². The Balaban J connectivity index is 0.00000784. The number of piperidine rings is 1. The Labute approximate surface area is 190 Å². The third-order valence-corrected chi connectivity index (χ3v) is 6.67. The molecule has 29 heavy (non-hydrogen) atoms. The first kappa shape index (κ1) is 28.7. The Hall–Kier alpha value is -0.270. The molecule has 0 bridgehead atoms. The molecule has 1 fully saturated rings. The maximum atomic E-state index is 2.58. The van der Waals surface area contributed by atoms with Gasteiger partial charge in [-0.05, 0) is 71.8 Å². The normalized spacial score (nSPS) is 16.3. The molecule has 1 saturated heterocycles. The van der Waals surface area contributed by atoms with E-state index in [-0.39, 0.29) is 12.4 Å². The van der Waals surface area contributed by atoms with E-state index in [4.69, 9.17) is 0 Å². The van der Waals surface area contributed by atoms with Gasteiger partial charge in [0.25, 0.3) is 0 Å². The van der Waals surface area contributed by atoms with Gasteiger partial charge in [-0.15, -0.1) is 0 Å². The van der Waals surface area contributed by atoms with Crippen molar-refractivity contribution in [3.63, 3.8) is 0 Å². The summed E-state index contributed by atoms with van der Waals surface area (Å²) in [6.07, 6.45) is 26.3. The van der Waals surface area contributed by atoms with Crippen LogP contribution in [0, 0.1) is 0 Å². The van der Waals surface area contributed by atoms with Crippen LogP contribution in [0.4, 0.5) is 0 Å². The quantitative estimate of drug-likeness (QED) is 0.171. The zero-order valence-corrected chi connectivity index (χ0v) is 21.2. The fourth-order valence-electron chi connectivity index (χ4n) is 4.66. The molecule has 0 radical (unpaired) electrons. The molecule has 0 aromatic heterocycles. The molecular formula is C27H52ClN. The van der Waals surface area contributed by atoms with Gasteiger partial charge in [-0.1, -0.05) is 75.5 Å². The largest absolute Gasteiger partial charge is 1.00 e. The highest BCUT2D eigenvalue weighted by Gasteiger charge is 2.28. The van der Waals surface area contributed by atoms with Crippen LogP contribution in [-0.4, -0.2) is 30.7 Å². The van der Waals surface area contributed by atoms with E-state index >= 15 is 0 Å². The number of rotatable bonds is 16. The van der Waals surface area contributed by atoms with Gasteiger partial charge < -0.3 is 16.9 Å². The predicted molar refractivity (Wildman–Crippen MR) is 128 cm³/mol. The monoisotopic (exact) mass is 425 g/mol. The van der Waals surface area contributed by atoms with Crippen LogP contribution >= 0.6 is 0 Å². The molecule has 1 nitrogen and oxygen atoms in total. The minimum Gasteiger partial charge on any atom is -1.00 e. The van der Waals surface area contributed by atoms with Crippen molar-refractivity contribution >= 4 is 0 Å². The van der Waals surface area contributed by atoms with Crippen molar-refractivity contribution in [1.82, 2.24) is 0 Å². The van der Waals surface area contributed by atoms with E-state index < -0.39 is 0 Å². The lowest BCUT2D eigenvalue weighted by Crippen LogP contribution is -3.00. The Morgan fingerprint density at radius 1 is 0.724 bits per heavy atom. The molecule has 0 aromatic carbocycles. The van der Waals surface area contributed by atoms with Crippen molar-refractivity contribution in [3.05, 3.63) is 23.3 Å². The van der Waals surface area contributed by atoms with E-state index in [0.717, 1.165) is 0 Å². The first-order valence-electron chi connectivity index (χ1n) is 12.7. The molecular weight excluding hydrogens is 374 g/mol. The van der Waals surface area contributed by atoms with Crippen LogP contribution in [-0.2, 0) is 0 Å². The minimum absolute atomic E-state index is 0. The molecule has 1 aliphatic heterocycles. The number of quaternary nitrogens is 1. The first-order valence-corrected chi connectivity index (χ1v) is 12.7. The highest BCUT2D eigenvalue weighted by Crippen LogP contribution is 2.22. The smallest absolute Gasteiger partial charge is 0.0976 e. The van der Waals surface area contributed by atoms with Gasteiger partial charge in [0.05, 0.1) is 26.2 Å². The van der Waals surface area contributed by atoms with Crippen molar-refractivity contribution in [1.29, 1.82) is 0 Å². The molecule has 172 valence electrons. The summed E-state index contributed by atoms with van der Waals surface area (Å²) in [4.78, 5) is 0. The van der Waals surface area contributed by atoms with Gasteiger partial charge in [-0.25, -0.2) is 0 Å². The summed E-state index contributed by atoms with van der Waals surface area (Å²) >= 11 is 0. The fraction of sp³-hybridized carbons (Fsp3) is 0.852. The zero-order chi connectivity index (χ0) is 20.5. The van der Waals surface area contributed by atoms with Crippen molar-refractivity contribution in [2.24, 2.45) is 0 Å². The van der Waals surface area contributed by atoms with Crippen LogP contribution < -0.4 is 12.4 Å². The van der Waals surface area contributed by atoms with Crippen LogP contribution in [0.5, 0.6) is 0 Å². The van der Waals surface area contributed by atoms with Gasteiger partial charge in [0.15, 0.2) is 0 Å². The van der Waals surface area contributed by atoms with E-state index in [2.05, 4.69) is 39.8 Å². The summed E-state index contributed by atoms with van der Waals surface area (Å²) in [6, 6.07) is 0.